The number of nitrogens with two attached hydrogens (primary N) is 1. The molecule has 2 aromatic heterocycles. The Morgan fingerprint density at radius 2 is 2.14 bits per heavy atom. The molecule has 0 saturated carbocycles. The van der Waals surface area contributed by atoms with Crippen molar-refractivity contribution in [2.75, 3.05) is 0 Å². The second-order valence-corrected chi connectivity index (χ2v) is 5.98. The van der Waals surface area contributed by atoms with E-state index in [-0.39, 0.29) is 0 Å². The molecule has 0 spiro atoms. The van der Waals surface area contributed by atoms with E-state index in [9.17, 15) is 0 Å². The van der Waals surface area contributed by atoms with Crippen molar-refractivity contribution in [3.05, 3.63) is 57.4 Å². The summed E-state index contributed by atoms with van der Waals surface area (Å²) < 4.78 is 2.67. The predicted octanol–water partition coefficient (Wildman–Crippen LogP) is 3.92. The second-order valence-electron chi connectivity index (χ2n) is 4.72. The van der Waals surface area contributed by atoms with Crippen molar-refractivity contribution in [3.8, 4) is 0 Å². The molecule has 1 aromatic carbocycles. The molecule has 0 bridgehead atoms. The monoisotopic (exact) mass is 364 g/mol. The zero-order valence-corrected chi connectivity index (χ0v) is 13.8. The molecular weight excluding hydrogens is 352 g/mol. The van der Waals surface area contributed by atoms with E-state index >= 15 is 0 Å². The number of halogens is 2. The summed E-state index contributed by atoms with van der Waals surface area (Å²) >= 11 is 9.79. The van der Waals surface area contributed by atoms with Crippen LogP contribution in [0.5, 0.6) is 0 Å². The number of para-hydroxylation sites is 1. The van der Waals surface area contributed by atoms with Gasteiger partial charge in [-0.2, -0.15) is 5.10 Å². The van der Waals surface area contributed by atoms with Gasteiger partial charge < -0.3 is 5.73 Å². The summed E-state index contributed by atoms with van der Waals surface area (Å²) in [6, 6.07) is 9.53. The van der Waals surface area contributed by atoms with Crippen molar-refractivity contribution in [1.82, 2.24) is 14.8 Å². The van der Waals surface area contributed by atoms with Gasteiger partial charge >= 0.3 is 0 Å². The van der Waals surface area contributed by atoms with Crippen LogP contribution in [0.1, 0.15) is 24.4 Å². The van der Waals surface area contributed by atoms with Gasteiger partial charge in [0.1, 0.15) is 0 Å². The topological polar surface area (TPSA) is 56.7 Å². The zero-order chi connectivity index (χ0) is 15.0. The maximum Gasteiger partial charge on any atom is 0.0924 e. The minimum Gasteiger partial charge on any atom is -0.318 e. The van der Waals surface area contributed by atoms with E-state index in [1.54, 1.807) is 10.9 Å². The predicted molar refractivity (Wildman–Crippen MR) is 88.4 cm³/mol. The number of fused-ring (bicyclic) bond motifs is 1. The SMILES string of the molecule is CCn1ncc(Cl)c1C(N)c1nc2ccccc2cc1Br. The van der Waals surface area contributed by atoms with Crippen LogP contribution < -0.4 is 5.73 Å². The molecule has 0 radical (unpaired) electrons. The van der Waals surface area contributed by atoms with Crippen LogP contribution in [-0.4, -0.2) is 14.8 Å². The molecule has 1 unspecified atom stereocenters. The summed E-state index contributed by atoms with van der Waals surface area (Å²) in [5.74, 6) is 0. The van der Waals surface area contributed by atoms with Crippen molar-refractivity contribution >= 4 is 38.4 Å². The molecule has 3 aromatic rings. The average molecular weight is 366 g/mol. The summed E-state index contributed by atoms with van der Waals surface area (Å²) in [5, 5.41) is 5.86. The summed E-state index contributed by atoms with van der Waals surface area (Å²) in [5.41, 5.74) is 8.83. The maximum atomic E-state index is 6.39. The molecule has 2 N–H and O–H groups in total. The van der Waals surface area contributed by atoms with Crippen LogP contribution in [0.4, 0.5) is 0 Å². The van der Waals surface area contributed by atoms with E-state index in [0.29, 0.717) is 11.6 Å². The highest BCUT2D eigenvalue weighted by molar-refractivity contribution is 9.10. The Bertz CT molecular complexity index is 799. The van der Waals surface area contributed by atoms with E-state index in [2.05, 4.69) is 26.0 Å². The summed E-state index contributed by atoms with van der Waals surface area (Å²) in [6.45, 7) is 2.71. The third-order valence-corrected chi connectivity index (χ3v) is 4.35. The van der Waals surface area contributed by atoms with Crippen molar-refractivity contribution in [3.63, 3.8) is 0 Å². The number of rotatable bonds is 3. The van der Waals surface area contributed by atoms with Gasteiger partial charge in [0.15, 0.2) is 0 Å². The number of hydrogen-bond donors (Lipinski definition) is 1. The van der Waals surface area contributed by atoms with E-state index in [1.807, 2.05) is 37.3 Å². The normalized spacial score (nSPS) is 12.8. The van der Waals surface area contributed by atoms with E-state index < -0.39 is 6.04 Å². The fourth-order valence-corrected chi connectivity index (χ4v) is 3.23. The molecule has 0 fully saturated rings. The van der Waals surface area contributed by atoms with Gasteiger partial charge in [-0.3, -0.25) is 4.68 Å². The largest absolute Gasteiger partial charge is 0.318 e. The third kappa shape index (κ3) is 2.57. The molecule has 108 valence electrons. The van der Waals surface area contributed by atoms with Crippen molar-refractivity contribution in [2.24, 2.45) is 5.73 Å². The van der Waals surface area contributed by atoms with Crippen LogP contribution in [0.25, 0.3) is 10.9 Å². The van der Waals surface area contributed by atoms with Gasteiger partial charge in [-0.1, -0.05) is 29.8 Å². The molecule has 0 saturated heterocycles. The maximum absolute atomic E-state index is 6.39. The van der Waals surface area contributed by atoms with Crippen molar-refractivity contribution in [1.29, 1.82) is 0 Å². The van der Waals surface area contributed by atoms with E-state index in [4.69, 9.17) is 17.3 Å². The number of hydrogen-bond acceptors (Lipinski definition) is 3. The number of nitrogens with zero attached hydrogens (tertiary/aromatic N) is 3. The molecule has 0 aliphatic heterocycles. The van der Waals surface area contributed by atoms with Gasteiger partial charge in [0.05, 0.1) is 34.2 Å². The number of aromatic nitrogens is 3. The van der Waals surface area contributed by atoms with Gasteiger partial charge in [0.2, 0.25) is 0 Å². The number of benzene rings is 1. The smallest absolute Gasteiger partial charge is 0.0924 e. The lowest BCUT2D eigenvalue weighted by Crippen LogP contribution is -2.19. The summed E-state index contributed by atoms with van der Waals surface area (Å²) in [6.07, 6.45) is 1.62. The first-order valence-electron chi connectivity index (χ1n) is 6.63. The van der Waals surface area contributed by atoms with Crippen LogP contribution in [0, 0.1) is 0 Å². The van der Waals surface area contributed by atoms with Gasteiger partial charge in [-0.05, 0) is 35.0 Å². The standard InChI is InChI=1S/C15H14BrClN4/c1-2-21-15(11(17)8-19-21)13(18)14-10(16)7-9-5-3-4-6-12(9)20-14/h3-8,13H,2,18H2,1H3. The Kier molecular flexibility index (Phi) is 3.97. The first-order valence-corrected chi connectivity index (χ1v) is 7.81. The van der Waals surface area contributed by atoms with Gasteiger partial charge in [-0.15, -0.1) is 0 Å². The highest BCUT2D eigenvalue weighted by Crippen LogP contribution is 2.31. The molecule has 3 rings (SSSR count). The first kappa shape index (κ1) is 14.5. The van der Waals surface area contributed by atoms with Gasteiger partial charge in [-0.25, -0.2) is 4.98 Å². The molecular formula is C15H14BrClN4. The first-order chi connectivity index (χ1) is 10.1. The molecule has 0 amide bonds. The molecule has 6 heteroatoms. The van der Waals surface area contributed by atoms with Crippen molar-refractivity contribution < 1.29 is 0 Å². The number of pyridine rings is 1. The average Bonchev–Trinajstić information content (AvgIpc) is 2.86. The van der Waals surface area contributed by atoms with E-state index in [0.717, 1.165) is 26.8 Å². The Morgan fingerprint density at radius 3 is 2.90 bits per heavy atom. The lowest BCUT2D eigenvalue weighted by Gasteiger charge is -2.16. The highest BCUT2D eigenvalue weighted by atomic mass is 79.9. The summed E-state index contributed by atoms with van der Waals surface area (Å²) in [4.78, 5) is 4.68. The van der Waals surface area contributed by atoms with Crippen LogP contribution in [0.2, 0.25) is 5.02 Å². The Labute approximate surface area is 136 Å². The zero-order valence-electron chi connectivity index (χ0n) is 11.4. The fourth-order valence-electron chi connectivity index (χ4n) is 2.39. The Hall–Kier alpha value is -1.43. The molecule has 21 heavy (non-hydrogen) atoms. The minimum absolute atomic E-state index is 0.432. The van der Waals surface area contributed by atoms with Crippen molar-refractivity contribution in [2.45, 2.75) is 19.5 Å². The van der Waals surface area contributed by atoms with Crippen LogP contribution in [-0.2, 0) is 6.54 Å². The third-order valence-electron chi connectivity index (χ3n) is 3.43. The molecule has 2 heterocycles. The highest BCUT2D eigenvalue weighted by Gasteiger charge is 2.21. The quantitative estimate of drug-likeness (QED) is 0.765. The van der Waals surface area contributed by atoms with Crippen LogP contribution >= 0.6 is 27.5 Å². The molecule has 0 aliphatic carbocycles. The molecule has 0 aliphatic rings. The number of aryl methyl sites for hydroxylation is 1. The van der Waals surface area contributed by atoms with E-state index in [1.165, 1.54) is 0 Å². The second kappa shape index (κ2) is 5.75. The van der Waals surface area contributed by atoms with Gasteiger partial charge in [0.25, 0.3) is 0 Å². The Balaban J connectivity index is 2.15. The lowest BCUT2D eigenvalue weighted by atomic mass is 10.1. The lowest BCUT2D eigenvalue weighted by molar-refractivity contribution is 0.596. The summed E-state index contributed by atoms with van der Waals surface area (Å²) in [7, 11) is 0. The molecule has 1 atom stereocenters. The molecule has 4 nitrogen and oxygen atoms in total. The Morgan fingerprint density at radius 1 is 1.38 bits per heavy atom. The van der Waals surface area contributed by atoms with Gasteiger partial charge in [0, 0.05) is 16.4 Å². The van der Waals surface area contributed by atoms with Crippen LogP contribution in [0.15, 0.2) is 41.0 Å². The minimum atomic E-state index is -0.432. The fraction of sp³-hybridized carbons (Fsp3) is 0.200. The van der Waals surface area contributed by atoms with Crippen LogP contribution in [0.3, 0.4) is 0 Å².